The number of carbonyl (C=O) groups is 2. The van der Waals surface area contributed by atoms with Gasteiger partial charge in [-0.25, -0.2) is 0 Å². The fourth-order valence-corrected chi connectivity index (χ4v) is 5.36. The van der Waals surface area contributed by atoms with Crippen LogP contribution in [0.4, 0.5) is 0 Å². The van der Waals surface area contributed by atoms with Crippen molar-refractivity contribution in [1.29, 1.82) is 0 Å². The maximum Gasteiger partial charge on any atom is 0.290 e. The molecule has 8 heteroatoms. The molecule has 160 valence electrons. The van der Waals surface area contributed by atoms with Gasteiger partial charge in [-0.2, -0.15) is 0 Å². The third-order valence-electron chi connectivity index (χ3n) is 5.50. The number of rotatable bonds is 5. The Bertz CT molecular complexity index is 1390. The molecule has 1 aliphatic heterocycles. The Morgan fingerprint density at radius 3 is 2.72 bits per heavy atom. The zero-order chi connectivity index (χ0) is 22.4. The molecule has 1 aliphatic rings. The lowest BCUT2D eigenvalue weighted by atomic mass is 9.98. The van der Waals surface area contributed by atoms with Gasteiger partial charge < -0.3 is 14.4 Å². The predicted octanol–water partition coefficient (Wildman–Crippen LogP) is 5.74. The zero-order valence-corrected chi connectivity index (χ0v) is 19.3. The second-order valence-corrected chi connectivity index (χ2v) is 9.41. The third-order valence-corrected chi connectivity index (χ3v) is 7.07. The Kier molecular flexibility index (Phi) is 5.19. The minimum atomic E-state index is -0.705. The first-order chi connectivity index (χ1) is 15.4. The molecule has 0 radical (unpaired) electrons. The number of thiophene rings is 1. The van der Waals surface area contributed by atoms with Gasteiger partial charge in [-0.15, -0.1) is 11.3 Å². The van der Waals surface area contributed by atoms with Gasteiger partial charge in [-0.1, -0.05) is 15.9 Å². The van der Waals surface area contributed by atoms with Crippen molar-refractivity contribution in [2.45, 2.75) is 19.5 Å². The maximum absolute atomic E-state index is 13.6. The smallest absolute Gasteiger partial charge is 0.290 e. The Morgan fingerprint density at radius 1 is 1.22 bits per heavy atom. The molecule has 32 heavy (non-hydrogen) atoms. The fraction of sp³-hybridized carbons (Fsp3) is 0.125. The summed E-state index contributed by atoms with van der Waals surface area (Å²) in [5.74, 6) is -1.54. The molecule has 0 spiro atoms. The van der Waals surface area contributed by atoms with E-state index in [4.69, 9.17) is 4.42 Å². The van der Waals surface area contributed by atoms with Crippen LogP contribution in [0.2, 0.25) is 0 Å². The Labute approximate surface area is 195 Å². The van der Waals surface area contributed by atoms with Gasteiger partial charge in [0.1, 0.15) is 11.6 Å². The van der Waals surface area contributed by atoms with Gasteiger partial charge in [-0.3, -0.25) is 14.6 Å². The molecule has 0 bridgehead atoms. The highest BCUT2D eigenvalue weighted by Gasteiger charge is 2.45. The van der Waals surface area contributed by atoms with Gasteiger partial charge in [0.25, 0.3) is 5.91 Å². The number of halogens is 1. The number of pyridine rings is 1. The highest BCUT2D eigenvalue weighted by molar-refractivity contribution is 9.10. The quantitative estimate of drug-likeness (QED) is 0.347. The summed E-state index contributed by atoms with van der Waals surface area (Å²) in [5.41, 5.74) is 2.38. The Morgan fingerprint density at radius 2 is 2.00 bits per heavy atom. The summed E-state index contributed by atoms with van der Waals surface area (Å²) in [6.07, 6.45) is 3.29. The maximum atomic E-state index is 13.6. The molecule has 0 aliphatic carbocycles. The molecule has 1 unspecified atom stereocenters. The number of ketones is 1. The van der Waals surface area contributed by atoms with Crippen LogP contribution in [0.3, 0.4) is 0 Å². The van der Waals surface area contributed by atoms with Crippen LogP contribution >= 0.6 is 27.3 Å². The van der Waals surface area contributed by atoms with Crippen molar-refractivity contribution in [1.82, 2.24) is 9.88 Å². The van der Waals surface area contributed by atoms with E-state index in [1.807, 2.05) is 30.5 Å². The first-order valence-corrected chi connectivity index (χ1v) is 11.5. The summed E-state index contributed by atoms with van der Waals surface area (Å²) in [6.45, 7) is 2.16. The zero-order valence-electron chi connectivity index (χ0n) is 16.9. The van der Waals surface area contributed by atoms with Crippen molar-refractivity contribution < 1.29 is 19.1 Å². The first kappa shape index (κ1) is 20.7. The lowest BCUT2D eigenvalue weighted by Gasteiger charge is -2.26. The number of hydrogen-bond donors (Lipinski definition) is 1. The molecule has 3 aromatic heterocycles. The van der Waals surface area contributed by atoms with E-state index in [9.17, 15) is 14.7 Å². The van der Waals surface area contributed by atoms with E-state index in [1.165, 1.54) is 16.2 Å². The van der Waals surface area contributed by atoms with E-state index in [-0.39, 0.29) is 17.9 Å². The molecule has 1 atom stereocenters. The van der Waals surface area contributed by atoms with Crippen molar-refractivity contribution >= 4 is 49.9 Å². The molecule has 4 heterocycles. The minimum absolute atomic E-state index is 0.0349. The largest absolute Gasteiger partial charge is 0.503 e. The number of Topliss-reactive ketones (excluding diaryl/α,β-unsaturated/α-hetero) is 1. The highest BCUT2D eigenvalue weighted by Crippen LogP contribution is 2.43. The average Bonchev–Trinajstić information content (AvgIpc) is 3.46. The number of furan rings is 1. The molecule has 0 saturated carbocycles. The average molecular weight is 509 g/mol. The number of carbonyl (C=O) groups excluding carboxylic acids is 2. The van der Waals surface area contributed by atoms with Crippen molar-refractivity contribution in [2.24, 2.45) is 0 Å². The highest BCUT2D eigenvalue weighted by atomic mass is 79.9. The summed E-state index contributed by atoms with van der Waals surface area (Å²) in [6, 6.07) is 11.9. The molecule has 0 fully saturated rings. The molecule has 6 nitrogen and oxygen atoms in total. The standard InChI is InChI=1S/C24H17BrN2O4S/c1-13-6-9-32-23(13)20-19(21(28)18-11-15-10-16(25)2-3-17(15)31-18)22(29)24(30)27(20)12-14-4-7-26-8-5-14/h2-11,20,29H,12H2,1H3. The molecule has 1 amide bonds. The molecule has 5 rings (SSSR count). The van der Waals surface area contributed by atoms with E-state index in [1.54, 1.807) is 36.7 Å². The van der Waals surface area contributed by atoms with Gasteiger partial charge in [0, 0.05) is 33.7 Å². The number of aliphatic hydroxyl groups is 1. The van der Waals surface area contributed by atoms with Crippen LogP contribution in [0, 0.1) is 6.92 Å². The molecular weight excluding hydrogens is 492 g/mol. The minimum Gasteiger partial charge on any atom is -0.503 e. The molecule has 1 N–H and O–H groups in total. The van der Waals surface area contributed by atoms with E-state index < -0.39 is 23.5 Å². The van der Waals surface area contributed by atoms with Crippen molar-refractivity contribution in [3.05, 3.63) is 97.8 Å². The number of fused-ring (bicyclic) bond motifs is 1. The summed E-state index contributed by atoms with van der Waals surface area (Å²) in [7, 11) is 0. The van der Waals surface area contributed by atoms with E-state index >= 15 is 0 Å². The van der Waals surface area contributed by atoms with Crippen LogP contribution in [0.5, 0.6) is 0 Å². The number of amides is 1. The van der Waals surface area contributed by atoms with Crippen LogP contribution in [0.15, 0.2) is 80.5 Å². The van der Waals surface area contributed by atoms with Gasteiger partial charge in [0.05, 0.1) is 5.57 Å². The number of aryl methyl sites for hydroxylation is 1. The first-order valence-electron chi connectivity index (χ1n) is 9.85. The summed E-state index contributed by atoms with van der Waals surface area (Å²) in [5, 5.41) is 13.5. The molecule has 4 aromatic rings. The van der Waals surface area contributed by atoms with Gasteiger partial charge in [0.15, 0.2) is 11.5 Å². The number of nitrogens with zero attached hydrogens (tertiary/aromatic N) is 2. The van der Waals surface area contributed by atoms with E-state index in [0.29, 0.717) is 5.58 Å². The topological polar surface area (TPSA) is 83.6 Å². The number of aromatic nitrogens is 1. The Balaban J connectivity index is 1.60. The van der Waals surface area contributed by atoms with Crippen molar-refractivity contribution in [3.8, 4) is 0 Å². The van der Waals surface area contributed by atoms with Crippen LogP contribution in [0.1, 0.15) is 32.6 Å². The summed E-state index contributed by atoms with van der Waals surface area (Å²) in [4.78, 5) is 33.0. The molecule has 0 saturated heterocycles. The van der Waals surface area contributed by atoms with Crippen molar-refractivity contribution in [3.63, 3.8) is 0 Å². The normalized spacial score (nSPS) is 16.4. The third kappa shape index (κ3) is 3.45. The van der Waals surface area contributed by atoms with Gasteiger partial charge >= 0.3 is 0 Å². The monoisotopic (exact) mass is 508 g/mol. The van der Waals surface area contributed by atoms with Crippen LogP contribution < -0.4 is 0 Å². The number of aliphatic hydroxyl groups excluding tert-OH is 1. The Hall–Kier alpha value is -3.23. The SMILES string of the molecule is Cc1ccsc1C1C(C(=O)c2cc3cc(Br)ccc3o2)=C(O)C(=O)N1Cc1ccncc1. The molecular formula is C24H17BrN2O4S. The lowest BCUT2D eigenvalue weighted by Crippen LogP contribution is -2.30. The van der Waals surface area contributed by atoms with Crippen LogP contribution in [-0.2, 0) is 11.3 Å². The predicted molar refractivity (Wildman–Crippen MR) is 124 cm³/mol. The fourth-order valence-electron chi connectivity index (χ4n) is 3.93. The van der Waals surface area contributed by atoms with E-state index in [2.05, 4.69) is 20.9 Å². The second-order valence-electron chi connectivity index (χ2n) is 7.54. The molecule has 1 aromatic carbocycles. The van der Waals surface area contributed by atoms with Crippen LogP contribution in [-0.4, -0.2) is 26.7 Å². The lowest BCUT2D eigenvalue weighted by molar-refractivity contribution is -0.130. The van der Waals surface area contributed by atoms with Gasteiger partial charge in [-0.05, 0) is 65.9 Å². The van der Waals surface area contributed by atoms with Crippen molar-refractivity contribution in [2.75, 3.05) is 0 Å². The summed E-state index contributed by atoms with van der Waals surface area (Å²) >= 11 is 4.86. The summed E-state index contributed by atoms with van der Waals surface area (Å²) < 4.78 is 6.64. The van der Waals surface area contributed by atoms with Gasteiger partial charge in [0.2, 0.25) is 5.78 Å². The van der Waals surface area contributed by atoms with Crippen LogP contribution in [0.25, 0.3) is 11.0 Å². The number of benzene rings is 1. The second kappa shape index (κ2) is 8.03. The van der Waals surface area contributed by atoms with E-state index in [0.717, 1.165) is 25.9 Å². The number of hydrogen-bond acceptors (Lipinski definition) is 6.